The minimum absolute atomic E-state index is 0.0143. The second-order valence-electron chi connectivity index (χ2n) is 7.41. The molecule has 0 aromatic heterocycles. The van der Waals surface area contributed by atoms with Crippen LogP contribution in [0.5, 0.6) is 5.75 Å². The van der Waals surface area contributed by atoms with E-state index >= 15 is 0 Å². The smallest absolute Gasteiger partial charge is 0.346 e. The Bertz CT molecular complexity index is 1150. The lowest BCUT2D eigenvalue weighted by molar-refractivity contribution is 0.0730. The summed E-state index contributed by atoms with van der Waals surface area (Å²) >= 11 is 0. The highest BCUT2D eigenvalue weighted by atomic mass is 19.1. The van der Waals surface area contributed by atoms with Crippen LogP contribution >= 0.6 is 0 Å². The van der Waals surface area contributed by atoms with Crippen LogP contribution < -0.4 is 4.74 Å². The summed E-state index contributed by atoms with van der Waals surface area (Å²) in [6, 6.07) is 10.8. The summed E-state index contributed by atoms with van der Waals surface area (Å²) < 4.78 is 47.7. The van der Waals surface area contributed by atoms with E-state index in [2.05, 4.69) is 6.92 Å². The maximum absolute atomic E-state index is 14.4. The Kier molecular flexibility index (Phi) is 7.30. The molecule has 3 rings (SSSR count). The van der Waals surface area contributed by atoms with Crippen LogP contribution in [0.3, 0.4) is 0 Å². The van der Waals surface area contributed by atoms with E-state index in [1.165, 1.54) is 42.8 Å². The van der Waals surface area contributed by atoms with E-state index in [0.29, 0.717) is 0 Å². The van der Waals surface area contributed by atoms with Gasteiger partial charge in [-0.3, -0.25) is 0 Å². The molecule has 160 valence electrons. The third kappa shape index (κ3) is 5.24. The number of benzene rings is 3. The van der Waals surface area contributed by atoms with Crippen molar-refractivity contribution < 1.29 is 22.7 Å². The molecule has 0 radical (unpaired) electrons. The first-order chi connectivity index (χ1) is 14.9. The van der Waals surface area contributed by atoms with E-state index in [1.54, 1.807) is 6.07 Å². The Labute approximate surface area is 179 Å². The molecule has 0 heterocycles. The molecule has 6 heteroatoms. The topological polar surface area (TPSA) is 50.1 Å². The first kappa shape index (κ1) is 22.4. The minimum atomic E-state index is -1.01. The van der Waals surface area contributed by atoms with Crippen LogP contribution in [0.1, 0.15) is 60.5 Å². The molecule has 0 saturated heterocycles. The number of aryl methyl sites for hydroxylation is 1. The normalized spacial score (nSPS) is 10.8. The molecule has 0 aliphatic heterocycles. The van der Waals surface area contributed by atoms with Crippen molar-refractivity contribution in [2.75, 3.05) is 0 Å². The molecule has 0 N–H and O–H groups in total. The number of hydrogen-bond acceptors (Lipinski definition) is 3. The van der Waals surface area contributed by atoms with Gasteiger partial charge in [-0.2, -0.15) is 5.26 Å². The van der Waals surface area contributed by atoms with E-state index < -0.39 is 29.0 Å². The standard InChI is InChI=1S/C25H22F3NO2/c1-2-3-4-5-6-7-16-8-10-20(22(26)12-16)25(30)31-18-9-11-19-17(13-18)14-23(27)21(15-29)24(19)28/h8-14H,2-7H2,1H3. The van der Waals surface area contributed by atoms with Gasteiger partial charge in [0.15, 0.2) is 5.82 Å². The van der Waals surface area contributed by atoms with Crippen molar-refractivity contribution in [1.29, 1.82) is 5.26 Å². The predicted molar refractivity (Wildman–Crippen MR) is 112 cm³/mol. The molecular formula is C25H22F3NO2. The highest BCUT2D eigenvalue weighted by molar-refractivity contribution is 5.92. The third-order valence-corrected chi connectivity index (χ3v) is 5.14. The Hall–Kier alpha value is -3.33. The number of carbonyl (C=O) groups excluding carboxylic acids is 1. The zero-order valence-electron chi connectivity index (χ0n) is 17.2. The molecule has 0 aliphatic rings. The maximum atomic E-state index is 14.4. The largest absolute Gasteiger partial charge is 0.423 e. The van der Waals surface area contributed by atoms with Crippen LogP contribution in [-0.4, -0.2) is 5.97 Å². The number of nitrogens with zero attached hydrogens (tertiary/aromatic N) is 1. The molecule has 0 fully saturated rings. The van der Waals surface area contributed by atoms with Crippen LogP contribution in [0.4, 0.5) is 13.2 Å². The van der Waals surface area contributed by atoms with E-state index in [1.807, 2.05) is 0 Å². The second-order valence-corrected chi connectivity index (χ2v) is 7.41. The number of halogens is 3. The van der Waals surface area contributed by atoms with E-state index in [4.69, 9.17) is 10.00 Å². The lowest BCUT2D eigenvalue weighted by Crippen LogP contribution is -2.11. The second kappa shape index (κ2) is 10.1. The third-order valence-electron chi connectivity index (χ3n) is 5.14. The molecule has 0 bridgehead atoms. The van der Waals surface area contributed by atoms with Crippen molar-refractivity contribution in [2.45, 2.75) is 45.4 Å². The number of nitriles is 1. The Morgan fingerprint density at radius 1 is 0.968 bits per heavy atom. The van der Waals surface area contributed by atoms with Gasteiger partial charge in [0.05, 0.1) is 5.56 Å². The van der Waals surface area contributed by atoms with Gasteiger partial charge in [0.1, 0.15) is 29.0 Å². The molecule has 3 nitrogen and oxygen atoms in total. The average molecular weight is 425 g/mol. The molecular weight excluding hydrogens is 403 g/mol. The SMILES string of the molecule is CCCCCCCc1ccc(C(=O)Oc2ccc3c(F)c(C#N)c(F)cc3c2)c(F)c1. The van der Waals surface area contributed by atoms with Crippen LogP contribution in [0.15, 0.2) is 42.5 Å². The van der Waals surface area contributed by atoms with Crippen molar-refractivity contribution in [1.82, 2.24) is 0 Å². The highest BCUT2D eigenvalue weighted by Gasteiger charge is 2.17. The predicted octanol–water partition coefficient (Wildman–Crippen LogP) is 6.86. The van der Waals surface area contributed by atoms with Gasteiger partial charge in [-0.25, -0.2) is 18.0 Å². The summed E-state index contributed by atoms with van der Waals surface area (Å²) in [5.41, 5.74) is -0.0766. The van der Waals surface area contributed by atoms with Crippen LogP contribution in [0, 0.1) is 28.8 Å². The zero-order chi connectivity index (χ0) is 22.4. The molecule has 0 aliphatic carbocycles. The molecule has 3 aromatic rings. The van der Waals surface area contributed by atoms with Crippen LogP contribution in [0.2, 0.25) is 0 Å². The van der Waals surface area contributed by atoms with E-state index in [0.717, 1.165) is 43.7 Å². The fourth-order valence-electron chi connectivity index (χ4n) is 3.45. The number of hydrogen-bond donors (Lipinski definition) is 0. The number of carbonyl (C=O) groups is 1. The van der Waals surface area contributed by atoms with Crippen LogP contribution in [0.25, 0.3) is 10.8 Å². The van der Waals surface area contributed by atoms with Crippen molar-refractivity contribution in [3.05, 3.63) is 76.6 Å². The number of unbranched alkanes of at least 4 members (excludes halogenated alkanes) is 4. The van der Waals surface area contributed by atoms with Gasteiger partial charge < -0.3 is 4.74 Å². The maximum Gasteiger partial charge on any atom is 0.346 e. The summed E-state index contributed by atoms with van der Waals surface area (Å²) in [7, 11) is 0. The number of rotatable bonds is 8. The fraction of sp³-hybridized carbons (Fsp3) is 0.280. The first-order valence-electron chi connectivity index (χ1n) is 10.3. The van der Waals surface area contributed by atoms with Gasteiger partial charge in [0, 0.05) is 5.39 Å². The van der Waals surface area contributed by atoms with Crippen LogP contribution in [-0.2, 0) is 6.42 Å². The van der Waals surface area contributed by atoms with Gasteiger partial charge in [-0.05, 0) is 60.2 Å². The molecule has 0 amide bonds. The van der Waals surface area contributed by atoms with Crippen molar-refractivity contribution in [2.24, 2.45) is 0 Å². The van der Waals surface area contributed by atoms with Gasteiger partial charge >= 0.3 is 5.97 Å². The summed E-state index contributed by atoms with van der Waals surface area (Å²) in [5.74, 6) is -3.55. The Balaban J connectivity index is 1.72. The number of esters is 1. The first-order valence-corrected chi connectivity index (χ1v) is 10.3. The minimum Gasteiger partial charge on any atom is -0.423 e. The average Bonchev–Trinajstić information content (AvgIpc) is 2.73. The molecule has 3 aromatic carbocycles. The molecule has 0 atom stereocenters. The monoisotopic (exact) mass is 425 g/mol. The van der Waals surface area contributed by atoms with E-state index in [-0.39, 0.29) is 22.1 Å². The van der Waals surface area contributed by atoms with Crippen molar-refractivity contribution in [3.8, 4) is 11.8 Å². The molecule has 0 unspecified atom stereocenters. The summed E-state index contributed by atoms with van der Waals surface area (Å²) in [6.07, 6.45) is 6.28. The molecule has 0 spiro atoms. The fourth-order valence-corrected chi connectivity index (χ4v) is 3.45. The number of fused-ring (bicyclic) bond motifs is 1. The summed E-state index contributed by atoms with van der Waals surface area (Å²) in [4.78, 5) is 12.4. The van der Waals surface area contributed by atoms with Gasteiger partial charge in [-0.15, -0.1) is 0 Å². The van der Waals surface area contributed by atoms with E-state index in [9.17, 15) is 18.0 Å². The number of ether oxygens (including phenoxy) is 1. The molecule has 31 heavy (non-hydrogen) atoms. The Morgan fingerprint density at radius 3 is 2.45 bits per heavy atom. The van der Waals surface area contributed by atoms with Gasteiger partial charge in [0.25, 0.3) is 0 Å². The zero-order valence-corrected chi connectivity index (χ0v) is 17.2. The lowest BCUT2D eigenvalue weighted by Gasteiger charge is -2.09. The summed E-state index contributed by atoms with van der Waals surface area (Å²) in [6.45, 7) is 2.15. The lowest BCUT2D eigenvalue weighted by atomic mass is 10.0. The highest BCUT2D eigenvalue weighted by Crippen LogP contribution is 2.28. The van der Waals surface area contributed by atoms with Gasteiger partial charge in [0.2, 0.25) is 0 Å². The van der Waals surface area contributed by atoms with Crippen molar-refractivity contribution >= 4 is 16.7 Å². The quantitative estimate of drug-likeness (QED) is 0.225. The van der Waals surface area contributed by atoms with Gasteiger partial charge in [-0.1, -0.05) is 38.7 Å². The molecule has 0 saturated carbocycles. The summed E-state index contributed by atoms with van der Waals surface area (Å²) in [5, 5.41) is 8.99. The Morgan fingerprint density at radius 2 is 1.74 bits per heavy atom. The van der Waals surface area contributed by atoms with Crippen molar-refractivity contribution in [3.63, 3.8) is 0 Å².